The Bertz CT molecular complexity index is 452. The SMILES string of the molecule is FC(F)(F)[C@H]1CSc2ccccc2[C@@]12CCCO2. The zero-order valence-corrected chi connectivity index (χ0v) is 10.5. The first-order valence-electron chi connectivity index (χ1n) is 5.97. The van der Waals surface area contributed by atoms with Gasteiger partial charge in [-0.15, -0.1) is 11.8 Å². The molecule has 98 valence electrons. The second kappa shape index (κ2) is 4.17. The summed E-state index contributed by atoms with van der Waals surface area (Å²) in [6, 6.07) is 7.32. The molecule has 0 radical (unpaired) electrons. The van der Waals surface area contributed by atoms with Gasteiger partial charge in [0.05, 0.1) is 5.92 Å². The second-order valence-corrected chi connectivity index (χ2v) is 5.80. The van der Waals surface area contributed by atoms with E-state index >= 15 is 0 Å². The first kappa shape index (κ1) is 12.4. The van der Waals surface area contributed by atoms with E-state index in [4.69, 9.17) is 4.74 Å². The number of thioether (sulfide) groups is 1. The summed E-state index contributed by atoms with van der Waals surface area (Å²) in [6.07, 6.45) is -3.04. The van der Waals surface area contributed by atoms with E-state index in [1.807, 2.05) is 12.1 Å². The molecule has 2 aliphatic heterocycles. The van der Waals surface area contributed by atoms with Gasteiger partial charge in [-0.3, -0.25) is 0 Å². The number of hydrogen-bond acceptors (Lipinski definition) is 2. The van der Waals surface area contributed by atoms with Crippen LogP contribution in [0.25, 0.3) is 0 Å². The van der Waals surface area contributed by atoms with Crippen molar-refractivity contribution in [2.75, 3.05) is 12.4 Å². The zero-order chi connectivity index (χ0) is 12.8. The first-order chi connectivity index (χ1) is 8.54. The van der Waals surface area contributed by atoms with Crippen LogP contribution < -0.4 is 0 Å². The predicted molar refractivity (Wildman–Crippen MR) is 63.6 cm³/mol. The average Bonchev–Trinajstić information content (AvgIpc) is 2.78. The lowest BCUT2D eigenvalue weighted by molar-refractivity contribution is -0.226. The summed E-state index contributed by atoms with van der Waals surface area (Å²) in [7, 11) is 0. The lowest BCUT2D eigenvalue weighted by Gasteiger charge is -2.42. The van der Waals surface area contributed by atoms with E-state index in [0.29, 0.717) is 19.4 Å². The molecule has 1 spiro atoms. The van der Waals surface area contributed by atoms with E-state index in [0.717, 1.165) is 10.5 Å². The molecule has 3 rings (SSSR count). The van der Waals surface area contributed by atoms with Crippen LogP contribution in [0.1, 0.15) is 18.4 Å². The van der Waals surface area contributed by atoms with Crippen LogP contribution in [0.5, 0.6) is 0 Å². The van der Waals surface area contributed by atoms with Crippen molar-refractivity contribution in [1.29, 1.82) is 0 Å². The first-order valence-corrected chi connectivity index (χ1v) is 6.95. The molecular formula is C13H13F3OS. The van der Waals surface area contributed by atoms with Crippen molar-refractivity contribution in [1.82, 2.24) is 0 Å². The maximum absolute atomic E-state index is 13.2. The normalized spacial score (nSPS) is 31.6. The maximum Gasteiger partial charge on any atom is 0.395 e. The lowest BCUT2D eigenvalue weighted by atomic mass is 9.79. The largest absolute Gasteiger partial charge is 0.395 e. The molecule has 2 atom stereocenters. The lowest BCUT2D eigenvalue weighted by Crippen LogP contribution is -2.47. The summed E-state index contributed by atoms with van der Waals surface area (Å²) in [6.45, 7) is 0.422. The Morgan fingerprint density at radius 3 is 2.72 bits per heavy atom. The third-order valence-electron chi connectivity index (χ3n) is 3.76. The molecule has 0 N–H and O–H groups in total. The van der Waals surface area contributed by atoms with Gasteiger partial charge in [0, 0.05) is 17.3 Å². The van der Waals surface area contributed by atoms with E-state index in [1.165, 1.54) is 11.8 Å². The molecule has 0 amide bonds. The van der Waals surface area contributed by atoms with E-state index < -0.39 is 17.7 Å². The zero-order valence-electron chi connectivity index (χ0n) is 9.67. The van der Waals surface area contributed by atoms with E-state index in [9.17, 15) is 13.2 Å². The molecule has 5 heteroatoms. The average molecular weight is 274 g/mol. The van der Waals surface area contributed by atoms with Gasteiger partial charge in [0.2, 0.25) is 0 Å². The smallest absolute Gasteiger partial charge is 0.370 e. The Balaban J connectivity index is 2.12. The van der Waals surface area contributed by atoms with Crippen molar-refractivity contribution in [3.8, 4) is 0 Å². The highest BCUT2D eigenvalue weighted by molar-refractivity contribution is 7.99. The molecule has 0 saturated carbocycles. The van der Waals surface area contributed by atoms with Crippen LogP contribution in [0.4, 0.5) is 13.2 Å². The van der Waals surface area contributed by atoms with Gasteiger partial charge in [0.15, 0.2) is 0 Å². The molecule has 0 aliphatic carbocycles. The molecule has 1 fully saturated rings. The fraction of sp³-hybridized carbons (Fsp3) is 0.538. The van der Waals surface area contributed by atoms with E-state index in [-0.39, 0.29) is 5.75 Å². The number of alkyl halides is 3. The molecule has 2 aliphatic rings. The van der Waals surface area contributed by atoms with Gasteiger partial charge in [-0.05, 0) is 24.5 Å². The quantitative estimate of drug-likeness (QED) is 0.707. The van der Waals surface area contributed by atoms with Crippen molar-refractivity contribution >= 4 is 11.8 Å². The van der Waals surface area contributed by atoms with Gasteiger partial charge in [-0.25, -0.2) is 0 Å². The summed E-state index contributed by atoms with van der Waals surface area (Å²) in [5.41, 5.74) is -0.416. The number of halogens is 3. The van der Waals surface area contributed by atoms with Gasteiger partial charge < -0.3 is 4.74 Å². The summed E-state index contributed by atoms with van der Waals surface area (Å²) >= 11 is 1.28. The topological polar surface area (TPSA) is 9.23 Å². The molecule has 1 aromatic rings. The van der Waals surface area contributed by atoms with Gasteiger partial charge in [-0.2, -0.15) is 13.2 Å². The molecular weight excluding hydrogens is 261 g/mol. The van der Waals surface area contributed by atoms with Crippen molar-refractivity contribution < 1.29 is 17.9 Å². The minimum absolute atomic E-state index is 0.0561. The number of ether oxygens (including phenoxy) is 1. The molecule has 0 bridgehead atoms. The highest BCUT2D eigenvalue weighted by Crippen LogP contribution is 2.55. The monoisotopic (exact) mass is 274 g/mol. The predicted octanol–water partition coefficient (Wildman–Crippen LogP) is 3.98. The Morgan fingerprint density at radius 2 is 2.06 bits per heavy atom. The van der Waals surface area contributed by atoms with Gasteiger partial charge in [0.1, 0.15) is 5.60 Å². The minimum Gasteiger partial charge on any atom is -0.370 e. The van der Waals surface area contributed by atoms with Crippen LogP contribution in [-0.2, 0) is 10.3 Å². The summed E-state index contributed by atoms with van der Waals surface area (Å²) in [5.74, 6) is -1.34. The second-order valence-electron chi connectivity index (χ2n) is 4.74. The maximum atomic E-state index is 13.2. The Labute approximate surface area is 108 Å². The number of fused-ring (bicyclic) bond motifs is 2. The van der Waals surface area contributed by atoms with E-state index in [1.54, 1.807) is 12.1 Å². The van der Waals surface area contributed by atoms with Crippen molar-refractivity contribution in [2.45, 2.75) is 29.5 Å². The van der Waals surface area contributed by atoms with Gasteiger partial charge in [0.25, 0.3) is 0 Å². The highest BCUT2D eigenvalue weighted by atomic mass is 32.2. The van der Waals surface area contributed by atoms with Crippen molar-refractivity contribution in [3.05, 3.63) is 29.8 Å². The van der Waals surface area contributed by atoms with Crippen LogP contribution in [0.3, 0.4) is 0 Å². The van der Waals surface area contributed by atoms with Crippen LogP contribution in [-0.4, -0.2) is 18.5 Å². The minimum atomic E-state index is -4.20. The number of hydrogen-bond donors (Lipinski definition) is 0. The summed E-state index contributed by atoms with van der Waals surface area (Å²) < 4.78 is 45.3. The highest BCUT2D eigenvalue weighted by Gasteiger charge is 2.58. The molecule has 0 aromatic heterocycles. The molecule has 2 heterocycles. The molecule has 0 unspecified atom stereocenters. The van der Waals surface area contributed by atoms with Crippen LogP contribution in [0.2, 0.25) is 0 Å². The van der Waals surface area contributed by atoms with Crippen LogP contribution >= 0.6 is 11.8 Å². The molecule has 1 saturated heterocycles. The van der Waals surface area contributed by atoms with Crippen molar-refractivity contribution in [2.24, 2.45) is 5.92 Å². The Hall–Kier alpha value is -0.680. The third-order valence-corrected chi connectivity index (χ3v) is 4.93. The summed E-state index contributed by atoms with van der Waals surface area (Å²) in [4.78, 5) is 0.930. The van der Waals surface area contributed by atoms with Gasteiger partial charge >= 0.3 is 6.18 Å². The van der Waals surface area contributed by atoms with Gasteiger partial charge in [-0.1, -0.05) is 18.2 Å². The fourth-order valence-corrected chi connectivity index (χ4v) is 4.32. The molecule has 18 heavy (non-hydrogen) atoms. The number of benzene rings is 1. The molecule has 1 aromatic carbocycles. The van der Waals surface area contributed by atoms with Crippen LogP contribution in [0.15, 0.2) is 29.2 Å². The fourth-order valence-electron chi connectivity index (χ4n) is 2.94. The third kappa shape index (κ3) is 1.75. The summed E-state index contributed by atoms with van der Waals surface area (Å²) in [5, 5.41) is 0. The Morgan fingerprint density at radius 1 is 1.28 bits per heavy atom. The van der Waals surface area contributed by atoms with Crippen LogP contribution in [0, 0.1) is 5.92 Å². The Kier molecular flexibility index (Phi) is 2.86. The van der Waals surface area contributed by atoms with E-state index in [2.05, 4.69) is 0 Å². The standard InChI is InChI=1S/C13H13F3OS/c14-13(15,16)11-8-18-10-5-2-1-4-9(10)12(11)6-3-7-17-12/h1-2,4-5,11H,3,6-8H2/t11-,12-/m0/s1. The number of rotatable bonds is 0. The molecule has 1 nitrogen and oxygen atoms in total. The van der Waals surface area contributed by atoms with Crippen molar-refractivity contribution in [3.63, 3.8) is 0 Å².